The van der Waals surface area contributed by atoms with Crippen molar-refractivity contribution >= 4 is 39.1 Å². The van der Waals surface area contributed by atoms with E-state index in [0.717, 1.165) is 29.7 Å². The largest absolute Gasteiger partial charge is 0.490 e. The number of hydrogen-bond donors (Lipinski definition) is 3. The molecule has 1 heterocycles. The molecule has 2 aromatic rings. The van der Waals surface area contributed by atoms with Crippen LogP contribution in [0.1, 0.15) is 15.9 Å². The molecule has 7 heteroatoms. The summed E-state index contributed by atoms with van der Waals surface area (Å²) in [4.78, 5) is 12.8. The molecule has 0 bridgehead atoms. The van der Waals surface area contributed by atoms with E-state index in [1.165, 1.54) is 0 Å². The van der Waals surface area contributed by atoms with Crippen LogP contribution in [0.25, 0.3) is 0 Å². The van der Waals surface area contributed by atoms with Crippen molar-refractivity contribution in [1.29, 1.82) is 0 Å². The SMILES string of the molecule is C=CCOc1cc(CNCC2CNC2)cc(C(=O)Nc2ccc(Cl)cc2Br)c1. The third kappa shape index (κ3) is 5.82. The van der Waals surface area contributed by atoms with Crippen LogP contribution in [0, 0.1) is 5.92 Å². The van der Waals surface area contributed by atoms with Crippen molar-refractivity contribution in [2.45, 2.75) is 6.54 Å². The fraction of sp³-hybridized carbons (Fsp3) is 0.286. The van der Waals surface area contributed by atoms with Gasteiger partial charge in [-0.3, -0.25) is 4.79 Å². The summed E-state index contributed by atoms with van der Waals surface area (Å²) in [5.41, 5.74) is 2.18. The van der Waals surface area contributed by atoms with Crippen molar-refractivity contribution in [3.63, 3.8) is 0 Å². The zero-order valence-electron chi connectivity index (χ0n) is 15.4. The Morgan fingerprint density at radius 2 is 2.14 bits per heavy atom. The smallest absolute Gasteiger partial charge is 0.255 e. The van der Waals surface area contributed by atoms with E-state index >= 15 is 0 Å². The Morgan fingerprint density at radius 3 is 2.82 bits per heavy atom. The number of ether oxygens (including phenoxy) is 1. The Labute approximate surface area is 178 Å². The summed E-state index contributed by atoms with van der Waals surface area (Å²) in [6, 6.07) is 10.8. The minimum absolute atomic E-state index is 0.212. The van der Waals surface area contributed by atoms with E-state index in [1.54, 1.807) is 30.3 Å². The molecule has 1 amide bonds. The lowest BCUT2D eigenvalue weighted by Gasteiger charge is -2.27. The molecule has 0 aliphatic carbocycles. The Bertz CT molecular complexity index is 856. The third-order valence-corrected chi connectivity index (χ3v) is 5.30. The van der Waals surface area contributed by atoms with Crippen molar-refractivity contribution < 1.29 is 9.53 Å². The first kappa shape index (κ1) is 20.9. The zero-order valence-corrected chi connectivity index (χ0v) is 17.8. The Morgan fingerprint density at radius 1 is 1.32 bits per heavy atom. The lowest BCUT2D eigenvalue weighted by Crippen LogP contribution is -2.47. The van der Waals surface area contributed by atoms with Gasteiger partial charge in [-0.15, -0.1) is 0 Å². The number of benzene rings is 2. The van der Waals surface area contributed by atoms with Gasteiger partial charge in [-0.2, -0.15) is 0 Å². The number of rotatable bonds is 9. The summed E-state index contributed by atoms with van der Waals surface area (Å²) >= 11 is 9.39. The van der Waals surface area contributed by atoms with Gasteiger partial charge in [0.15, 0.2) is 0 Å². The molecular formula is C21H23BrClN3O2. The summed E-state index contributed by atoms with van der Waals surface area (Å²) < 4.78 is 6.40. The van der Waals surface area contributed by atoms with E-state index < -0.39 is 0 Å². The molecule has 0 radical (unpaired) electrons. The number of nitrogens with one attached hydrogen (secondary N) is 3. The van der Waals surface area contributed by atoms with Gasteiger partial charge < -0.3 is 20.7 Å². The van der Waals surface area contributed by atoms with Gasteiger partial charge in [0, 0.05) is 41.2 Å². The molecule has 0 aromatic heterocycles. The van der Waals surface area contributed by atoms with Crippen molar-refractivity contribution in [3.8, 4) is 5.75 Å². The van der Waals surface area contributed by atoms with Crippen LogP contribution in [0.2, 0.25) is 5.02 Å². The Kier molecular flexibility index (Phi) is 7.50. The number of hydrogen-bond acceptors (Lipinski definition) is 4. The third-order valence-electron chi connectivity index (χ3n) is 4.40. The highest BCUT2D eigenvalue weighted by atomic mass is 79.9. The minimum Gasteiger partial charge on any atom is -0.490 e. The van der Waals surface area contributed by atoms with Gasteiger partial charge in [0.2, 0.25) is 0 Å². The first-order valence-electron chi connectivity index (χ1n) is 9.10. The summed E-state index contributed by atoms with van der Waals surface area (Å²) in [5.74, 6) is 1.10. The van der Waals surface area contributed by atoms with Crippen LogP contribution in [0.15, 0.2) is 53.5 Å². The highest BCUT2D eigenvalue weighted by molar-refractivity contribution is 9.10. The van der Waals surface area contributed by atoms with Gasteiger partial charge in [0.05, 0.1) is 5.69 Å². The Hall–Kier alpha value is -1.86. The quantitative estimate of drug-likeness (QED) is 0.486. The van der Waals surface area contributed by atoms with Gasteiger partial charge in [-0.05, 0) is 63.8 Å². The molecule has 0 unspecified atom stereocenters. The maximum atomic E-state index is 12.8. The molecule has 0 atom stereocenters. The van der Waals surface area contributed by atoms with Crippen molar-refractivity contribution in [3.05, 3.63) is 69.7 Å². The average Bonchev–Trinajstić information content (AvgIpc) is 2.64. The molecule has 0 saturated carbocycles. The second kappa shape index (κ2) is 10.1. The fourth-order valence-electron chi connectivity index (χ4n) is 2.83. The monoisotopic (exact) mass is 463 g/mol. The predicted octanol–water partition coefficient (Wildman–Crippen LogP) is 4.23. The van der Waals surface area contributed by atoms with Crippen molar-refractivity contribution in [2.75, 3.05) is 31.6 Å². The second-order valence-electron chi connectivity index (χ2n) is 6.70. The minimum atomic E-state index is -0.212. The number of anilines is 1. The van der Waals surface area contributed by atoms with Crippen LogP contribution in [-0.2, 0) is 6.54 Å². The predicted molar refractivity (Wildman–Crippen MR) is 117 cm³/mol. The van der Waals surface area contributed by atoms with E-state index in [2.05, 4.69) is 38.5 Å². The van der Waals surface area contributed by atoms with E-state index in [1.807, 2.05) is 12.1 Å². The zero-order chi connectivity index (χ0) is 19.9. The molecule has 5 nitrogen and oxygen atoms in total. The van der Waals surface area contributed by atoms with E-state index in [9.17, 15) is 4.79 Å². The fourth-order valence-corrected chi connectivity index (χ4v) is 3.61. The van der Waals surface area contributed by atoms with Gasteiger partial charge in [-0.1, -0.05) is 24.3 Å². The van der Waals surface area contributed by atoms with Crippen LogP contribution >= 0.6 is 27.5 Å². The molecule has 28 heavy (non-hydrogen) atoms. The van der Waals surface area contributed by atoms with Crippen LogP contribution in [-0.4, -0.2) is 32.1 Å². The number of halogens is 2. The molecular weight excluding hydrogens is 442 g/mol. The summed E-state index contributed by atoms with van der Waals surface area (Å²) in [6.45, 7) is 7.79. The number of carbonyl (C=O) groups excluding carboxylic acids is 1. The van der Waals surface area contributed by atoms with E-state index in [0.29, 0.717) is 41.1 Å². The van der Waals surface area contributed by atoms with Crippen molar-refractivity contribution in [1.82, 2.24) is 10.6 Å². The second-order valence-corrected chi connectivity index (χ2v) is 7.99. The molecule has 148 valence electrons. The lowest BCUT2D eigenvalue weighted by molar-refractivity contribution is 0.102. The molecule has 2 aromatic carbocycles. The average molecular weight is 465 g/mol. The highest BCUT2D eigenvalue weighted by Crippen LogP contribution is 2.27. The van der Waals surface area contributed by atoms with E-state index in [4.69, 9.17) is 16.3 Å². The van der Waals surface area contributed by atoms with Gasteiger partial charge in [0.25, 0.3) is 5.91 Å². The Balaban J connectivity index is 1.73. The summed E-state index contributed by atoms with van der Waals surface area (Å²) in [7, 11) is 0. The number of amides is 1. The van der Waals surface area contributed by atoms with Gasteiger partial charge >= 0.3 is 0 Å². The molecule has 3 rings (SSSR count). The topological polar surface area (TPSA) is 62.4 Å². The van der Waals surface area contributed by atoms with Crippen LogP contribution in [0.4, 0.5) is 5.69 Å². The molecule has 1 aliphatic heterocycles. The normalized spacial score (nSPS) is 13.6. The molecule has 1 saturated heterocycles. The standard InChI is InChI=1S/C21H23BrClN3O2/c1-2-5-28-18-7-14(10-24-11-15-12-25-13-15)6-16(8-18)21(27)26-20-4-3-17(23)9-19(20)22/h2-4,6-9,15,24-25H,1,5,10-13H2,(H,26,27). The van der Waals surface area contributed by atoms with Gasteiger partial charge in [-0.25, -0.2) is 0 Å². The maximum Gasteiger partial charge on any atom is 0.255 e. The molecule has 1 fully saturated rings. The van der Waals surface area contributed by atoms with Crippen molar-refractivity contribution in [2.24, 2.45) is 5.92 Å². The number of carbonyl (C=O) groups is 1. The molecule has 0 spiro atoms. The first-order valence-corrected chi connectivity index (χ1v) is 10.3. The maximum absolute atomic E-state index is 12.8. The molecule has 1 aliphatic rings. The van der Waals surface area contributed by atoms with Crippen LogP contribution < -0.4 is 20.7 Å². The van der Waals surface area contributed by atoms with Crippen LogP contribution in [0.3, 0.4) is 0 Å². The van der Waals surface area contributed by atoms with Crippen LogP contribution in [0.5, 0.6) is 5.75 Å². The highest BCUT2D eigenvalue weighted by Gasteiger charge is 2.16. The van der Waals surface area contributed by atoms with Gasteiger partial charge in [0.1, 0.15) is 12.4 Å². The molecule has 3 N–H and O–H groups in total. The summed E-state index contributed by atoms with van der Waals surface area (Å²) in [5, 5.41) is 10.2. The lowest BCUT2D eigenvalue weighted by atomic mass is 10.0. The summed E-state index contributed by atoms with van der Waals surface area (Å²) in [6.07, 6.45) is 1.68. The van der Waals surface area contributed by atoms with E-state index in [-0.39, 0.29) is 5.91 Å². The first-order chi connectivity index (χ1) is 13.5.